The van der Waals surface area contributed by atoms with Crippen molar-refractivity contribution in [3.63, 3.8) is 0 Å². The summed E-state index contributed by atoms with van der Waals surface area (Å²) in [6, 6.07) is 4.49. The normalized spacial score (nSPS) is 18.6. The van der Waals surface area contributed by atoms with E-state index in [1.165, 1.54) is 16.8 Å². The Morgan fingerprint density at radius 2 is 1.86 bits per heavy atom. The summed E-state index contributed by atoms with van der Waals surface area (Å²) in [7, 11) is 0. The van der Waals surface area contributed by atoms with Gasteiger partial charge < -0.3 is 9.64 Å². The van der Waals surface area contributed by atoms with Crippen molar-refractivity contribution < 1.29 is 9.13 Å². The van der Waals surface area contributed by atoms with Gasteiger partial charge in [0, 0.05) is 26.2 Å². The fourth-order valence-corrected chi connectivity index (χ4v) is 4.08. The van der Waals surface area contributed by atoms with E-state index in [1.807, 2.05) is 4.31 Å². The Kier molecular flexibility index (Phi) is 5.59. The van der Waals surface area contributed by atoms with Crippen LogP contribution in [-0.4, -0.2) is 46.4 Å². The molecule has 0 radical (unpaired) electrons. The summed E-state index contributed by atoms with van der Waals surface area (Å²) < 4.78 is 23.3. The molecule has 0 unspecified atom stereocenters. The van der Waals surface area contributed by atoms with Crippen LogP contribution in [0.25, 0.3) is 5.69 Å². The third-order valence-corrected chi connectivity index (χ3v) is 5.77. The molecule has 0 atom stereocenters. The van der Waals surface area contributed by atoms with Gasteiger partial charge in [0.15, 0.2) is 0 Å². The standard InChI is InChI=1S/C20H25FN4O2S/c1-14-10-15(21)12-16(11-14)25-20(26)19(27-17-4-2-3-5-17)18(13-22-25)23-6-8-24(28)9-7-23/h10-13,17,28H,2-9H2,1H3. The number of anilines is 1. The molecule has 1 aromatic carbocycles. The number of benzene rings is 1. The lowest BCUT2D eigenvalue weighted by Crippen LogP contribution is -2.43. The zero-order valence-electron chi connectivity index (χ0n) is 16.0. The maximum Gasteiger partial charge on any atom is 0.316 e. The van der Waals surface area contributed by atoms with Crippen molar-refractivity contribution >= 4 is 18.5 Å². The summed E-state index contributed by atoms with van der Waals surface area (Å²) >= 11 is 4.40. The van der Waals surface area contributed by atoms with Crippen LogP contribution in [0.15, 0.2) is 29.2 Å². The highest BCUT2D eigenvalue weighted by molar-refractivity contribution is 7.77. The molecule has 0 N–H and O–H groups in total. The number of rotatable bonds is 4. The van der Waals surface area contributed by atoms with Gasteiger partial charge >= 0.3 is 5.56 Å². The second kappa shape index (κ2) is 8.13. The van der Waals surface area contributed by atoms with Crippen LogP contribution in [0, 0.1) is 12.7 Å². The molecule has 1 aromatic heterocycles. The summed E-state index contributed by atoms with van der Waals surface area (Å²) in [6.45, 7) is 4.86. The Hall–Kier alpha value is -2.06. The summed E-state index contributed by atoms with van der Waals surface area (Å²) in [5.74, 6) is -0.0765. The molecule has 0 bridgehead atoms. The van der Waals surface area contributed by atoms with Crippen molar-refractivity contribution in [2.75, 3.05) is 31.1 Å². The Morgan fingerprint density at radius 3 is 2.54 bits per heavy atom. The summed E-state index contributed by atoms with van der Waals surface area (Å²) in [6.07, 6.45) is 5.83. The van der Waals surface area contributed by atoms with E-state index in [0.717, 1.165) is 57.4 Å². The Bertz CT molecular complexity index is 885. The Labute approximate surface area is 169 Å². The molecule has 0 amide bonds. The number of aryl methyl sites for hydroxylation is 1. The predicted octanol–water partition coefficient (Wildman–Crippen LogP) is 2.97. The summed E-state index contributed by atoms with van der Waals surface area (Å²) in [5, 5.41) is 4.34. The third kappa shape index (κ3) is 4.03. The van der Waals surface area contributed by atoms with Gasteiger partial charge in [-0.1, -0.05) is 12.8 Å². The first-order chi connectivity index (χ1) is 13.5. The van der Waals surface area contributed by atoms with E-state index in [2.05, 4.69) is 22.8 Å². The van der Waals surface area contributed by atoms with Crippen molar-refractivity contribution in [1.29, 1.82) is 0 Å². The fraction of sp³-hybridized carbons (Fsp3) is 0.500. The van der Waals surface area contributed by atoms with E-state index in [0.29, 0.717) is 17.1 Å². The van der Waals surface area contributed by atoms with Crippen molar-refractivity contribution in [1.82, 2.24) is 14.1 Å². The molecule has 28 heavy (non-hydrogen) atoms. The second-order valence-corrected chi connectivity index (χ2v) is 8.09. The molecule has 2 aliphatic rings. The fourth-order valence-electron chi connectivity index (χ4n) is 3.90. The lowest BCUT2D eigenvalue weighted by molar-refractivity contribution is 0.205. The van der Waals surface area contributed by atoms with Crippen molar-refractivity contribution in [3.8, 4) is 11.4 Å². The molecular formula is C20H25FN4O2S. The molecule has 8 heteroatoms. The predicted molar refractivity (Wildman–Crippen MR) is 110 cm³/mol. The first-order valence-electron chi connectivity index (χ1n) is 9.76. The van der Waals surface area contributed by atoms with Crippen LogP contribution in [0.2, 0.25) is 0 Å². The monoisotopic (exact) mass is 404 g/mol. The number of ether oxygens (including phenoxy) is 1. The third-order valence-electron chi connectivity index (χ3n) is 5.37. The lowest BCUT2D eigenvalue weighted by Gasteiger charge is -2.34. The molecule has 6 nitrogen and oxygen atoms in total. The topological polar surface area (TPSA) is 50.6 Å². The molecule has 0 spiro atoms. The van der Waals surface area contributed by atoms with Gasteiger partial charge in [-0.2, -0.15) is 9.78 Å². The van der Waals surface area contributed by atoms with Crippen molar-refractivity contribution in [2.24, 2.45) is 0 Å². The highest BCUT2D eigenvalue weighted by atomic mass is 32.1. The van der Waals surface area contributed by atoms with Crippen LogP contribution in [0.3, 0.4) is 0 Å². The zero-order valence-corrected chi connectivity index (χ0v) is 16.9. The minimum Gasteiger partial charge on any atom is -0.483 e. The maximum absolute atomic E-state index is 13.9. The van der Waals surface area contributed by atoms with Gasteiger partial charge in [-0.3, -0.25) is 4.79 Å². The first kappa shape index (κ1) is 19.3. The van der Waals surface area contributed by atoms with Crippen LogP contribution in [0.5, 0.6) is 5.75 Å². The molecule has 2 fully saturated rings. The second-order valence-electron chi connectivity index (χ2n) is 7.53. The zero-order chi connectivity index (χ0) is 19.7. The average molecular weight is 405 g/mol. The van der Waals surface area contributed by atoms with Gasteiger partial charge in [-0.05, 0) is 56.4 Å². The van der Waals surface area contributed by atoms with Gasteiger partial charge in [0.25, 0.3) is 0 Å². The van der Waals surface area contributed by atoms with E-state index >= 15 is 0 Å². The number of hydrogen-bond acceptors (Lipinski definition) is 6. The summed E-state index contributed by atoms with van der Waals surface area (Å²) in [4.78, 5) is 15.4. The van der Waals surface area contributed by atoms with Crippen LogP contribution in [0.1, 0.15) is 31.2 Å². The summed E-state index contributed by atoms with van der Waals surface area (Å²) in [5.41, 5.74) is 1.51. The number of aromatic nitrogens is 2. The van der Waals surface area contributed by atoms with E-state index in [-0.39, 0.29) is 11.7 Å². The molecule has 2 heterocycles. The van der Waals surface area contributed by atoms with Gasteiger partial charge in [-0.25, -0.2) is 8.70 Å². The smallest absolute Gasteiger partial charge is 0.316 e. The average Bonchev–Trinajstić information content (AvgIpc) is 3.16. The van der Waals surface area contributed by atoms with Gasteiger partial charge in [0.1, 0.15) is 11.5 Å². The highest BCUT2D eigenvalue weighted by Crippen LogP contribution is 2.30. The largest absolute Gasteiger partial charge is 0.483 e. The molecule has 1 saturated carbocycles. The Morgan fingerprint density at radius 1 is 1.14 bits per heavy atom. The van der Waals surface area contributed by atoms with Crippen LogP contribution < -0.4 is 15.2 Å². The first-order valence-corrected chi connectivity index (χ1v) is 10.2. The quantitative estimate of drug-likeness (QED) is 0.794. The Balaban J connectivity index is 1.76. The number of halogens is 1. The SMILES string of the molecule is Cc1cc(F)cc(-n2ncc(N3CCN(S)CC3)c(OC3CCCC3)c2=O)c1. The lowest BCUT2D eigenvalue weighted by atomic mass is 10.2. The van der Waals surface area contributed by atoms with E-state index in [4.69, 9.17) is 4.74 Å². The number of nitrogens with zero attached hydrogens (tertiary/aromatic N) is 4. The number of thiol groups is 1. The van der Waals surface area contributed by atoms with E-state index < -0.39 is 5.82 Å². The van der Waals surface area contributed by atoms with Crippen molar-refractivity contribution in [2.45, 2.75) is 38.7 Å². The minimum absolute atomic E-state index is 0.0442. The van der Waals surface area contributed by atoms with Crippen LogP contribution in [-0.2, 0) is 0 Å². The van der Waals surface area contributed by atoms with Gasteiger partial charge in [0.05, 0.1) is 18.0 Å². The van der Waals surface area contributed by atoms with Gasteiger partial charge in [0.2, 0.25) is 5.75 Å². The van der Waals surface area contributed by atoms with E-state index in [9.17, 15) is 9.18 Å². The number of piperazine rings is 1. The molecular weight excluding hydrogens is 379 g/mol. The number of hydrogen-bond donors (Lipinski definition) is 1. The highest BCUT2D eigenvalue weighted by Gasteiger charge is 2.26. The van der Waals surface area contributed by atoms with Crippen molar-refractivity contribution in [3.05, 3.63) is 46.1 Å². The molecule has 1 aliphatic heterocycles. The van der Waals surface area contributed by atoms with E-state index in [1.54, 1.807) is 19.2 Å². The van der Waals surface area contributed by atoms with Gasteiger partial charge in [-0.15, -0.1) is 0 Å². The molecule has 1 saturated heterocycles. The minimum atomic E-state index is -0.393. The molecule has 4 rings (SSSR count). The maximum atomic E-state index is 13.9. The van der Waals surface area contributed by atoms with Crippen LogP contribution >= 0.6 is 12.8 Å². The van der Waals surface area contributed by atoms with Crippen LogP contribution in [0.4, 0.5) is 10.1 Å². The molecule has 2 aromatic rings. The molecule has 150 valence electrons. The molecule has 1 aliphatic carbocycles.